The summed E-state index contributed by atoms with van der Waals surface area (Å²) in [5, 5.41) is 3.12. The third-order valence-electron chi connectivity index (χ3n) is 3.12. The highest BCUT2D eigenvalue weighted by molar-refractivity contribution is 6.30. The summed E-state index contributed by atoms with van der Waals surface area (Å²) in [5.41, 5.74) is 1.79. The largest absolute Gasteiger partial charge is 0.451 e. The number of anilines is 1. The smallest absolute Gasteiger partial charge is 0.357 e. The summed E-state index contributed by atoms with van der Waals surface area (Å²) in [7, 11) is 0. The minimum Gasteiger partial charge on any atom is -0.451 e. The minimum atomic E-state index is -0.695. The Morgan fingerprint density at radius 3 is 2.70 bits per heavy atom. The van der Waals surface area contributed by atoms with Crippen LogP contribution in [-0.4, -0.2) is 23.5 Å². The SMILES string of the molecule is CC(C)c1ccccc1NC(=O)COC(=O)c1cc(Cl)ccn1. The van der Waals surface area contributed by atoms with Gasteiger partial charge in [0.15, 0.2) is 6.61 Å². The van der Waals surface area contributed by atoms with Gasteiger partial charge in [-0.25, -0.2) is 9.78 Å². The first-order valence-electron chi connectivity index (χ1n) is 7.15. The summed E-state index contributed by atoms with van der Waals surface area (Å²) in [4.78, 5) is 27.6. The highest BCUT2D eigenvalue weighted by atomic mass is 35.5. The zero-order valence-electron chi connectivity index (χ0n) is 12.9. The number of carbonyl (C=O) groups excluding carboxylic acids is 2. The molecule has 0 spiro atoms. The summed E-state index contributed by atoms with van der Waals surface area (Å²) in [6.45, 7) is 3.69. The fourth-order valence-electron chi connectivity index (χ4n) is 2.02. The normalized spacial score (nSPS) is 10.4. The average molecular weight is 333 g/mol. The van der Waals surface area contributed by atoms with Crippen molar-refractivity contribution in [2.75, 3.05) is 11.9 Å². The molecule has 6 heteroatoms. The Bertz CT molecular complexity index is 716. The topological polar surface area (TPSA) is 68.3 Å². The fraction of sp³-hybridized carbons (Fsp3) is 0.235. The van der Waals surface area contributed by atoms with E-state index in [2.05, 4.69) is 10.3 Å². The van der Waals surface area contributed by atoms with Gasteiger partial charge in [0.2, 0.25) is 0 Å². The molecule has 0 saturated heterocycles. The van der Waals surface area contributed by atoms with Gasteiger partial charge in [0.1, 0.15) is 5.69 Å². The van der Waals surface area contributed by atoms with Crippen LogP contribution in [0.2, 0.25) is 5.02 Å². The number of nitrogens with zero attached hydrogens (tertiary/aromatic N) is 1. The number of aromatic nitrogens is 1. The van der Waals surface area contributed by atoms with Gasteiger partial charge in [0.05, 0.1) is 0 Å². The maximum absolute atomic E-state index is 12.0. The molecule has 0 aliphatic rings. The van der Waals surface area contributed by atoms with E-state index in [4.69, 9.17) is 16.3 Å². The van der Waals surface area contributed by atoms with Crippen LogP contribution < -0.4 is 5.32 Å². The van der Waals surface area contributed by atoms with Crippen molar-refractivity contribution >= 4 is 29.2 Å². The molecule has 0 bridgehead atoms. The van der Waals surface area contributed by atoms with Crippen LogP contribution in [0.3, 0.4) is 0 Å². The van der Waals surface area contributed by atoms with E-state index in [0.29, 0.717) is 10.7 Å². The Hall–Kier alpha value is -2.40. The van der Waals surface area contributed by atoms with E-state index in [1.807, 2.05) is 38.1 Å². The monoisotopic (exact) mass is 332 g/mol. The molecule has 0 aliphatic heterocycles. The number of esters is 1. The van der Waals surface area contributed by atoms with Crippen molar-refractivity contribution in [3.63, 3.8) is 0 Å². The van der Waals surface area contributed by atoms with Gasteiger partial charge in [-0.1, -0.05) is 43.6 Å². The Morgan fingerprint density at radius 1 is 1.26 bits per heavy atom. The molecule has 0 fully saturated rings. The van der Waals surface area contributed by atoms with Crippen molar-refractivity contribution in [3.8, 4) is 0 Å². The number of benzene rings is 1. The van der Waals surface area contributed by atoms with E-state index in [1.165, 1.54) is 12.3 Å². The number of hydrogen-bond acceptors (Lipinski definition) is 4. The lowest BCUT2D eigenvalue weighted by Crippen LogP contribution is -2.22. The summed E-state index contributed by atoms with van der Waals surface area (Å²) in [5.74, 6) is -0.835. The molecule has 1 N–H and O–H groups in total. The molecule has 5 nitrogen and oxygen atoms in total. The molecule has 1 amide bonds. The maximum atomic E-state index is 12.0. The molecular weight excluding hydrogens is 316 g/mol. The quantitative estimate of drug-likeness (QED) is 0.848. The zero-order chi connectivity index (χ0) is 16.8. The molecule has 2 aromatic rings. The van der Waals surface area contributed by atoms with Gasteiger partial charge in [0, 0.05) is 16.9 Å². The number of pyridine rings is 1. The highest BCUT2D eigenvalue weighted by Crippen LogP contribution is 2.23. The molecule has 0 unspecified atom stereocenters. The van der Waals surface area contributed by atoms with Crippen LogP contribution in [0.5, 0.6) is 0 Å². The number of carbonyl (C=O) groups is 2. The standard InChI is InChI=1S/C17H17ClN2O3/c1-11(2)13-5-3-4-6-14(13)20-16(21)10-23-17(22)15-9-12(18)7-8-19-15/h3-9,11H,10H2,1-2H3,(H,20,21). The van der Waals surface area contributed by atoms with Crippen LogP contribution in [0.25, 0.3) is 0 Å². The van der Waals surface area contributed by atoms with E-state index in [9.17, 15) is 9.59 Å². The lowest BCUT2D eigenvalue weighted by Gasteiger charge is -2.13. The van der Waals surface area contributed by atoms with Gasteiger partial charge < -0.3 is 10.1 Å². The third-order valence-corrected chi connectivity index (χ3v) is 3.36. The van der Waals surface area contributed by atoms with Crippen LogP contribution >= 0.6 is 11.6 Å². The molecule has 1 aromatic carbocycles. The molecule has 2 rings (SSSR count). The first-order valence-corrected chi connectivity index (χ1v) is 7.52. The molecule has 1 aromatic heterocycles. The van der Waals surface area contributed by atoms with Gasteiger partial charge in [-0.15, -0.1) is 0 Å². The molecule has 1 heterocycles. The number of rotatable bonds is 5. The number of para-hydroxylation sites is 1. The second-order valence-corrected chi connectivity index (χ2v) is 5.66. The first-order chi connectivity index (χ1) is 11.0. The van der Waals surface area contributed by atoms with Crippen molar-refractivity contribution in [1.82, 2.24) is 4.98 Å². The average Bonchev–Trinajstić information content (AvgIpc) is 2.53. The number of nitrogens with one attached hydrogen (secondary N) is 1. The van der Waals surface area contributed by atoms with Gasteiger partial charge in [0.25, 0.3) is 5.91 Å². The van der Waals surface area contributed by atoms with Gasteiger partial charge in [-0.2, -0.15) is 0 Å². The minimum absolute atomic E-state index is 0.0629. The van der Waals surface area contributed by atoms with E-state index >= 15 is 0 Å². The Balaban J connectivity index is 1.94. The molecule has 0 radical (unpaired) electrons. The number of amides is 1. The number of ether oxygens (including phenoxy) is 1. The van der Waals surface area contributed by atoms with Gasteiger partial charge in [-0.05, 0) is 29.7 Å². The summed E-state index contributed by atoms with van der Waals surface area (Å²) in [6, 6.07) is 10.4. The molecule has 0 saturated carbocycles. The maximum Gasteiger partial charge on any atom is 0.357 e. The van der Waals surface area contributed by atoms with Crippen molar-refractivity contribution in [2.24, 2.45) is 0 Å². The van der Waals surface area contributed by atoms with Gasteiger partial charge >= 0.3 is 5.97 Å². The Labute approximate surface area is 139 Å². The molecule has 0 aliphatic carbocycles. The van der Waals surface area contributed by atoms with E-state index in [0.717, 1.165) is 5.56 Å². The van der Waals surface area contributed by atoms with Crippen LogP contribution in [0.1, 0.15) is 35.8 Å². The van der Waals surface area contributed by atoms with Crippen LogP contribution in [0.4, 0.5) is 5.69 Å². The van der Waals surface area contributed by atoms with Crippen molar-refractivity contribution in [2.45, 2.75) is 19.8 Å². The molecule has 0 atom stereocenters. The lowest BCUT2D eigenvalue weighted by atomic mass is 10.0. The number of halogens is 1. The predicted molar refractivity (Wildman–Crippen MR) is 88.7 cm³/mol. The summed E-state index contributed by atoms with van der Waals surface area (Å²) in [6.07, 6.45) is 1.40. The van der Waals surface area contributed by atoms with Gasteiger partial charge in [-0.3, -0.25) is 4.79 Å². The third kappa shape index (κ3) is 4.79. The Morgan fingerprint density at radius 2 is 2.00 bits per heavy atom. The van der Waals surface area contributed by atoms with Crippen LogP contribution in [-0.2, 0) is 9.53 Å². The van der Waals surface area contributed by atoms with E-state index < -0.39 is 11.9 Å². The Kier molecular flexibility index (Phi) is 5.71. The fourth-order valence-corrected chi connectivity index (χ4v) is 2.18. The van der Waals surface area contributed by atoms with E-state index in [1.54, 1.807) is 6.07 Å². The van der Waals surface area contributed by atoms with Crippen molar-refractivity contribution in [3.05, 3.63) is 58.9 Å². The lowest BCUT2D eigenvalue weighted by molar-refractivity contribution is -0.119. The molecule has 120 valence electrons. The highest BCUT2D eigenvalue weighted by Gasteiger charge is 2.13. The second-order valence-electron chi connectivity index (χ2n) is 5.23. The van der Waals surface area contributed by atoms with Crippen molar-refractivity contribution < 1.29 is 14.3 Å². The number of hydrogen-bond donors (Lipinski definition) is 1. The van der Waals surface area contributed by atoms with E-state index in [-0.39, 0.29) is 18.2 Å². The second kappa shape index (κ2) is 7.74. The zero-order valence-corrected chi connectivity index (χ0v) is 13.6. The molecular formula is C17H17ClN2O3. The first kappa shape index (κ1) is 17.0. The predicted octanol–water partition coefficient (Wildman–Crippen LogP) is 3.65. The van der Waals surface area contributed by atoms with Crippen LogP contribution in [0, 0.1) is 0 Å². The summed E-state index contributed by atoms with van der Waals surface area (Å²) >= 11 is 5.78. The molecule has 23 heavy (non-hydrogen) atoms. The van der Waals surface area contributed by atoms with Crippen molar-refractivity contribution in [1.29, 1.82) is 0 Å². The summed E-state index contributed by atoms with van der Waals surface area (Å²) < 4.78 is 4.95. The van der Waals surface area contributed by atoms with Crippen LogP contribution in [0.15, 0.2) is 42.6 Å².